The highest BCUT2D eigenvalue weighted by Crippen LogP contribution is 2.46. The van der Waals surface area contributed by atoms with Gasteiger partial charge in [-0.15, -0.1) is 0 Å². The third-order valence-electron chi connectivity index (χ3n) is 3.86. The van der Waals surface area contributed by atoms with E-state index in [0.29, 0.717) is 6.42 Å². The van der Waals surface area contributed by atoms with Gasteiger partial charge in [-0.1, -0.05) is 0 Å². The summed E-state index contributed by atoms with van der Waals surface area (Å²) in [6.07, 6.45) is 2.63. The van der Waals surface area contributed by atoms with Gasteiger partial charge in [0.05, 0.1) is 12.5 Å². The molecule has 94 valence electrons. The van der Waals surface area contributed by atoms with E-state index < -0.39 is 0 Å². The van der Waals surface area contributed by atoms with Gasteiger partial charge in [-0.2, -0.15) is 5.26 Å². The van der Waals surface area contributed by atoms with Crippen molar-refractivity contribution < 1.29 is 9.47 Å². The molecule has 0 amide bonds. The molecule has 0 aliphatic carbocycles. The first-order valence-corrected chi connectivity index (χ1v) is 6.49. The minimum absolute atomic E-state index is 0.205. The number of hydrogen-bond donors (Lipinski definition) is 0. The highest BCUT2D eigenvalue weighted by Gasteiger charge is 2.33. The van der Waals surface area contributed by atoms with Gasteiger partial charge in [0, 0.05) is 29.5 Å². The molecule has 2 aliphatic heterocycles. The van der Waals surface area contributed by atoms with Crippen LogP contribution < -0.4 is 9.47 Å². The van der Waals surface area contributed by atoms with Crippen molar-refractivity contribution in [3.05, 3.63) is 22.3 Å². The summed E-state index contributed by atoms with van der Waals surface area (Å²) in [6, 6.07) is 2.26. The van der Waals surface area contributed by atoms with Gasteiger partial charge in [0.1, 0.15) is 23.7 Å². The minimum Gasteiger partial charge on any atom is -0.490 e. The number of nitriles is 1. The molecule has 2 heterocycles. The first-order valence-electron chi connectivity index (χ1n) is 6.49. The van der Waals surface area contributed by atoms with Crippen molar-refractivity contribution >= 4 is 0 Å². The molecule has 0 bridgehead atoms. The molecule has 1 aromatic carbocycles. The Morgan fingerprint density at radius 1 is 1.11 bits per heavy atom. The fraction of sp³-hybridized carbons (Fsp3) is 0.533. The lowest BCUT2D eigenvalue weighted by atomic mass is 9.92. The normalized spacial score (nSPS) is 23.9. The van der Waals surface area contributed by atoms with Gasteiger partial charge in [0.2, 0.25) is 0 Å². The lowest BCUT2D eigenvalue weighted by Gasteiger charge is -2.14. The Kier molecular flexibility index (Phi) is 2.48. The highest BCUT2D eigenvalue weighted by atomic mass is 16.5. The van der Waals surface area contributed by atoms with E-state index in [1.165, 1.54) is 16.7 Å². The summed E-state index contributed by atoms with van der Waals surface area (Å²) >= 11 is 0. The van der Waals surface area contributed by atoms with E-state index in [2.05, 4.69) is 26.8 Å². The summed E-state index contributed by atoms with van der Waals surface area (Å²) in [4.78, 5) is 0. The third-order valence-corrected chi connectivity index (χ3v) is 3.86. The van der Waals surface area contributed by atoms with Gasteiger partial charge in [-0.25, -0.2) is 0 Å². The third kappa shape index (κ3) is 1.49. The second kappa shape index (κ2) is 3.91. The molecule has 3 heteroatoms. The number of hydrogen-bond acceptors (Lipinski definition) is 3. The Bertz CT molecular complexity index is 518. The Hall–Kier alpha value is -1.69. The minimum atomic E-state index is 0.205. The molecule has 1 aromatic rings. The molecular formula is C15H17NO2. The van der Waals surface area contributed by atoms with Crippen LogP contribution in [0.4, 0.5) is 0 Å². The summed E-state index contributed by atoms with van der Waals surface area (Å²) < 4.78 is 11.8. The van der Waals surface area contributed by atoms with Crippen LogP contribution in [0.3, 0.4) is 0 Å². The first kappa shape index (κ1) is 11.4. The molecular weight excluding hydrogens is 226 g/mol. The van der Waals surface area contributed by atoms with Gasteiger partial charge in [-0.3, -0.25) is 0 Å². The number of fused-ring (bicyclic) bond motifs is 2. The van der Waals surface area contributed by atoms with Crippen LogP contribution in [0.25, 0.3) is 0 Å². The van der Waals surface area contributed by atoms with Crippen molar-refractivity contribution in [3.63, 3.8) is 0 Å². The second-order valence-electron chi connectivity index (χ2n) is 5.32. The van der Waals surface area contributed by atoms with E-state index in [1.54, 1.807) is 0 Å². The van der Waals surface area contributed by atoms with Gasteiger partial charge < -0.3 is 9.47 Å². The highest BCUT2D eigenvalue weighted by molar-refractivity contribution is 5.62. The SMILES string of the molecule is Cc1c2c(c(CC#N)c3c1OC(C)C3)OC(C)C2. The van der Waals surface area contributed by atoms with E-state index in [9.17, 15) is 0 Å². The summed E-state index contributed by atoms with van der Waals surface area (Å²) in [7, 11) is 0. The van der Waals surface area contributed by atoms with Crippen LogP contribution in [0, 0.1) is 18.3 Å². The largest absolute Gasteiger partial charge is 0.490 e. The smallest absolute Gasteiger partial charge is 0.128 e. The van der Waals surface area contributed by atoms with Crippen molar-refractivity contribution in [1.82, 2.24) is 0 Å². The molecule has 2 atom stereocenters. The zero-order valence-electron chi connectivity index (χ0n) is 11.0. The van der Waals surface area contributed by atoms with Gasteiger partial charge in [0.15, 0.2) is 0 Å². The number of rotatable bonds is 1. The predicted molar refractivity (Wildman–Crippen MR) is 68.1 cm³/mol. The summed E-state index contributed by atoms with van der Waals surface area (Å²) in [5.41, 5.74) is 4.69. The fourth-order valence-electron chi connectivity index (χ4n) is 3.08. The summed E-state index contributed by atoms with van der Waals surface area (Å²) in [6.45, 7) is 6.25. The average Bonchev–Trinajstić information content (AvgIpc) is 2.88. The average molecular weight is 243 g/mol. The molecule has 2 aliphatic rings. The van der Waals surface area contributed by atoms with Crippen molar-refractivity contribution in [3.8, 4) is 17.6 Å². The molecule has 0 radical (unpaired) electrons. The zero-order chi connectivity index (χ0) is 12.9. The fourth-order valence-corrected chi connectivity index (χ4v) is 3.08. The van der Waals surface area contributed by atoms with Crippen LogP contribution in [0.2, 0.25) is 0 Å². The number of benzene rings is 1. The molecule has 0 saturated heterocycles. The number of ether oxygens (including phenoxy) is 2. The zero-order valence-corrected chi connectivity index (χ0v) is 11.0. The van der Waals surface area contributed by atoms with Gasteiger partial charge in [0.25, 0.3) is 0 Å². The molecule has 2 unspecified atom stereocenters. The molecule has 0 fully saturated rings. The predicted octanol–water partition coefficient (Wildman–Crippen LogP) is 2.71. The van der Waals surface area contributed by atoms with Gasteiger partial charge in [-0.05, 0) is 26.3 Å². The Morgan fingerprint density at radius 3 is 2.39 bits per heavy atom. The second-order valence-corrected chi connectivity index (χ2v) is 5.32. The molecule has 3 nitrogen and oxygen atoms in total. The van der Waals surface area contributed by atoms with Crippen LogP contribution in [0.15, 0.2) is 0 Å². The van der Waals surface area contributed by atoms with E-state index in [0.717, 1.165) is 29.9 Å². The molecule has 0 saturated carbocycles. The Labute approximate surface area is 107 Å². The van der Waals surface area contributed by atoms with Crippen molar-refractivity contribution in [2.45, 2.75) is 52.2 Å². The molecule has 3 rings (SSSR count). The summed E-state index contributed by atoms with van der Waals surface area (Å²) in [5, 5.41) is 9.04. The van der Waals surface area contributed by atoms with Crippen LogP contribution in [0.5, 0.6) is 11.5 Å². The van der Waals surface area contributed by atoms with Crippen molar-refractivity contribution in [2.24, 2.45) is 0 Å². The van der Waals surface area contributed by atoms with E-state index in [1.807, 2.05) is 0 Å². The summed E-state index contributed by atoms with van der Waals surface area (Å²) in [5.74, 6) is 1.96. The molecule has 0 aromatic heterocycles. The maximum Gasteiger partial charge on any atom is 0.128 e. The topological polar surface area (TPSA) is 42.2 Å². The molecule has 18 heavy (non-hydrogen) atoms. The lowest BCUT2D eigenvalue weighted by Crippen LogP contribution is -2.08. The van der Waals surface area contributed by atoms with Gasteiger partial charge >= 0.3 is 0 Å². The maximum atomic E-state index is 9.04. The van der Waals surface area contributed by atoms with Crippen molar-refractivity contribution in [2.75, 3.05) is 0 Å². The van der Waals surface area contributed by atoms with Crippen LogP contribution in [-0.2, 0) is 19.3 Å². The van der Waals surface area contributed by atoms with Crippen LogP contribution in [-0.4, -0.2) is 12.2 Å². The Balaban J connectivity index is 2.23. The van der Waals surface area contributed by atoms with Crippen molar-refractivity contribution in [1.29, 1.82) is 5.26 Å². The van der Waals surface area contributed by atoms with Crippen LogP contribution in [0.1, 0.15) is 36.1 Å². The van der Waals surface area contributed by atoms with E-state index in [4.69, 9.17) is 14.7 Å². The lowest BCUT2D eigenvalue weighted by molar-refractivity contribution is 0.252. The maximum absolute atomic E-state index is 9.04. The molecule has 0 N–H and O–H groups in total. The van der Waals surface area contributed by atoms with E-state index >= 15 is 0 Å². The standard InChI is InChI=1S/C15H17NO2/c1-8-6-12-10(3)14-13(7-9(2)17-14)11(4-5-16)15(12)18-8/h8-9H,4,6-7H2,1-3H3. The first-order chi connectivity index (χ1) is 8.61. The van der Waals surface area contributed by atoms with E-state index in [-0.39, 0.29) is 12.2 Å². The monoisotopic (exact) mass is 243 g/mol. The Morgan fingerprint density at radius 2 is 1.72 bits per heavy atom. The number of nitrogens with zero attached hydrogens (tertiary/aromatic N) is 1. The molecule has 0 spiro atoms. The quantitative estimate of drug-likeness (QED) is 0.761. The van der Waals surface area contributed by atoms with Crippen LogP contribution >= 0.6 is 0 Å².